The van der Waals surface area contributed by atoms with Crippen molar-refractivity contribution in [3.05, 3.63) is 64.2 Å². The maximum atomic E-state index is 13.3. The van der Waals surface area contributed by atoms with Crippen LogP contribution in [0.25, 0.3) is 0 Å². The van der Waals surface area contributed by atoms with Gasteiger partial charge in [0.25, 0.3) is 5.91 Å². The number of aryl methyl sites for hydroxylation is 2. The van der Waals surface area contributed by atoms with E-state index in [2.05, 4.69) is 10.6 Å². The molecule has 1 atom stereocenters. The summed E-state index contributed by atoms with van der Waals surface area (Å²) in [6, 6.07) is 11.7. The van der Waals surface area contributed by atoms with Gasteiger partial charge in [0.05, 0.1) is 10.7 Å². The minimum Gasteiger partial charge on any atom is -0.444 e. The van der Waals surface area contributed by atoms with E-state index >= 15 is 0 Å². The Bertz CT molecular complexity index is 963. The van der Waals surface area contributed by atoms with Crippen LogP contribution in [0.2, 0.25) is 5.02 Å². The van der Waals surface area contributed by atoms with E-state index in [4.69, 9.17) is 16.3 Å². The number of ether oxygens (including phenoxy) is 1. The van der Waals surface area contributed by atoms with E-state index in [1.807, 2.05) is 32.0 Å². The predicted octanol–water partition coefficient (Wildman–Crippen LogP) is 4.62. The number of rotatable bonds is 6. The maximum absolute atomic E-state index is 13.3. The first-order valence-corrected chi connectivity index (χ1v) is 10.6. The highest BCUT2D eigenvalue weighted by Gasteiger charge is 2.30. The molecular formula is C24H30ClN3O4. The fraction of sp³-hybridized carbons (Fsp3) is 0.375. The number of halogens is 1. The molecule has 0 aliphatic carbocycles. The first kappa shape index (κ1) is 25.2. The monoisotopic (exact) mass is 459 g/mol. The van der Waals surface area contributed by atoms with Crippen LogP contribution in [0.5, 0.6) is 0 Å². The van der Waals surface area contributed by atoms with Crippen LogP contribution in [-0.2, 0) is 14.3 Å². The Hall–Kier alpha value is -3.06. The Morgan fingerprint density at radius 3 is 2.25 bits per heavy atom. The third-order valence-electron chi connectivity index (χ3n) is 4.68. The smallest absolute Gasteiger partial charge is 0.408 e. The van der Waals surface area contributed by atoms with E-state index in [0.717, 1.165) is 11.1 Å². The second-order valence-electron chi connectivity index (χ2n) is 8.59. The van der Waals surface area contributed by atoms with E-state index in [1.54, 1.807) is 45.0 Å². The summed E-state index contributed by atoms with van der Waals surface area (Å²) in [5, 5.41) is 5.69. The molecule has 0 heterocycles. The molecule has 2 aromatic rings. The number of benzene rings is 2. The summed E-state index contributed by atoms with van der Waals surface area (Å²) in [6.45, 7) is 8.65. The third kappa shape index (κ3) is 6.99. The Balaban J connectivity index is 2.24. The van der Waals surface area contributed by atoms with Gasteiger partial charge in [0.15, 0.2) is 0 Å². The maximum Gasteiger partial charge on any atom is 0.408 e. The molecule has 8 heteroatoms. The van der Waals surface area contributed by atoms with Crippen LogP contribution in [0, 0.1) is 13.8 Å². The molecule has 3 amide bonds. The summed E-state index contributed by atoms with van der Waals surface area (Å²) in [4.78, 5) is 39.3. The summed E-state index contributed by atoms with van der Waals surface area (Å²) < 4.78 is 5.16. The predicted molar refractivity (Wildman–Crippen MR) is 126 cm³/mol. The first-order chi connectivity index (χ1) is 14.9. The topological polar surface area (TPSA) is 87.7 Å². The molecule has 7 nitrogen and oxygen atoms in total. The average molecular weight is 460 g/mol. The highest BCUT2D eigenvalue weighted by molar-refractivity contribution is 6.34. The Labute approximate surface area is 194 Å². The molecule has 0 bridgehead atoms. The fourth-order valence-electron chi connectivity index (χ4n) is 3.01. The average Bonchev–Trinajstić information content (AvgIpc) is 2.69. The number of nitrogens with one attached hydrogen (secondary N) is 2. The lowest BCUT2D eigenvalue weighted by Crippen LogP contribution is -2.44. The van der Waals surface area contributed by atoms with Crippen molar-refractivity contribution >= 4 is 35.2 Å². The van der Waals surface area contributed by atoms with E-state index in [1.165, 1.54) is 11.9 Å². The van der Waals surface area contributed by atoms with Gasteiger partial charge in [0.2, 0.25) is 5.91 Å². The van der Waals surface area contributed by atoms with Crippen LogP contribution in [0.1, 0.15) is 43.5 Å². The van der Waals surface area contributed by atoms with Crippen LogP contribution < -0.4 is 10.6 Å². The second kappa shape index (κ2) is 10.5. The van der Waals surface area contributed by atoms with Crippen molar-refractivity contribution in [1.29, 1.82) is 0 Å². The zero-order valence-electron chi connectivity index (χ0n) is 19.3. The van der Waals surface area contributed by atoms with E-state index in [9.17, 15) is 14.4 Å². The van der Waals surface area contributed by atoms with Gasteiger partial charge in [-0.2, -0.15) is 0 Å². The van der Waals surface area contributed by atoms with E-state index in [0.29, 0.717) is 16.3 Å². The van der Waals surface area contributed by atoms with Crippen LogP contribution in [-0.4, -0.2) is 42.0 Å². The number of anilines is 1. The Morgan fingerprint density at radius 2 is 1.69 bits per heavy atom. The molecule has 0 spiro atoms. The molecule has 2 rings (SSSR count). The van der Waals surface area contributed by atoms with Gasteiger partial charge in [-0.05, 0) is 51.8 Å². The van der Waals surface area contributed by atoms with E-state index < -0.39 is 29.6 Å². The molecule has 0 saturated heterocycles. The number of carbonyl (C=O) groups excluding carboxylic acids is 3. The number of hydrogen-bond acceptors (Lipinski definition) is 4. The lowest BCUT2D eigenvalue weighted by molar-refractivity contribution is -0.136. The van der Waals surface area contributed by atoms with Crippen molar-refractivity contribution < 1.29 is 19.1 Å². The van der Waals surface area contributed by atoms with Gasteiger partial charge in [0.1, 0.15) is 18.2 Å². The lowest BCUT2D eigenvalue weighted by atomic mass is 10.0. The number of para-hydroxylation sites is 1. The van der Waals surface area contributed by atoms with Crippen LogP contribution in [0.4, 0.5) is 10.5 Å². The lowest BCUT2D eigenvalue weighted by Gasteiger charge is -2.28. The minimum absolute atomic E-state index is 0.313. The molecule has 2 aromatic carbocycles. The van der Waals surface area contributed by atoms with Gasteiger partial charge < -0.3 is 20.3 Å². The van der Waals surface area contributed by atoms with Crippen LogP contribution >= 0.6 is 11.6 Å². The molecule has 0 fully saturated rings. The van der Waals surface area contributed by atoms with Gasteiger partial charge in [-0.15, -0.1) is 0 Å². The van der Waals surface area contributed by atoms with Crippen LogP contribution in [0.15, 0.2) is 42.5 Å². The molecule has 0 aliphatic rings. The summed E-state index contributed by atoms with van der Waals surface area (Å²) in [6.07, 6.45) is -0.706. The summed E-state index contributed by atoms with van der Waals surface area (Å²) in [5.41, 5.74) is 2.26. The van der Waals surface area contributed by atoms with Crippen molar-refractivity contribution in [3.63, 3.8) is 0 Å². The second-order valence-corrected chi connectivity index (χ2v) is 9.00. The fourth-order valence-corrected chi connectivity index (χ4v) is 3.28. The summed E-state index contributed by atoms with van der Waals surface area (Å²) >= 11 is 6.27. The zero-order chi connectivity index (χ0) is 24.1. The largest absolute Gasteiger partial charge is 0.444 e. The van der Waals surface area contributed by atoms with Crippen molar-refractivity contribution in [3.8, 4) is 0 Å². The highest BCUT2D eigenvalue weighted by Crippen LogP contribution is 2.28. The number of nitrogens with zero attached hydrogens (tertiary/aromatic N) is 1. The molecule has 172 valence electrons. The zero-order valence-corrected chi connectivity index (χ0v) is 20.0. The summed E-state index contributed by atoms with van der Waals surface area (Å²) in [5.74, 6) is -0.870. The number of likely N-dealkylation sites (N-methyl/N-ethyl adjacent to an activating group) is 1. The quantitative estimate of drug-likeness (QED) is 0.659. The van der Waals surface area contributed by atoms with Gasteiger partial charge >= 0.3 is 6.09 Å². The molecule has 2 N–H and O–H groups in total. The standard InChI is InChI=1S/C24H30ClN3O4/c1-15-10-12-17(13-11-15)21(22(30)27-20-16(2)8-7-9-18(20)25)28(6)19(29)14-26-23(31)32-24(3,4)5/h7-13,21H,14H2,1-6H3,(H,26,31)(H,27,30). The molecule has 0 aliphatic heterocycles. The van der Waals surface area contributed by atoms with E-state index in [-0.39, 0.29) is 6.54 Å². The first-order valence-electron chi connectivity index (χ1n) is 10.2. The van der Waals surface area contributed by atoms with Gasteiger partial charge in [-0.1, -0.05) is 53.6 Å². The SMILES string of the molecule is Cc1ccc(C(C(=O)Nc2c(C)cccc2Cl)N(C)C(=O)CNC(=O)OC(C)(C)C)cc1. The molecule has 0 radical (unpaired) electrons. The third-order valence-corrected chi connectivity index (χ3v) is 4.99. The van der Waals surface area contributed by atoms with Crippen molar-refractivity contribution in [1.82, 2.24) is 10.2 Å². The summed E-state index contributed by atoms with van der Waals surface area (Å²) in [7, 11) is 1.52. The number of alkyl carbamates (subject to hydrolysis) is 1. The Morgan fingerprint density at radius 1 is 1.06 bits per heavy atom. The number of carbonyl (C=O) groups is 3. The van der Waals surface area contributed by atoms with Crippen molar-refractivity contribution in [2.24, 2.45) is 0 Å². The van der Waals surface area contributed by atoms with Crippen molar-refractivity contribution in [2.45, 2.75) is 46.3 Å². The highest BCUT2D eigenvalue weighted by atomic mass is 35.5. The van der Waals surface area contributed by atoms with Gasteiger partial charge in [0, 0.05) is 7.05 Å². The number of hydrogen-bond donors (Lipinski definition) is 2. The Kier molecular flexibility index (Phi) is 8.27. The number of amides is 3. The molecular weight excluding hydrogens is 430 g/mol. The van der Waals surface area contributed by atoms with Gasteiger partial charge in [-0.3, -0.25) is 9.59 Å². The molecule has 0 aromatic heterocycles. The van der Waals surface area contributed by atoms with Crippen LogP contribution in [0.3, 0.4) is 0 Å². The molecule has 0 saturated carbocycles. The molecule has 32 heavy (non-hydrogen) atoms. The van der Waals surface area contributed by atoms with Crippen molar-refractivity contribution in [2.75, 3.05) is 18.9 Å². The molecule has 1 unspecified atom stereocenters. The normalized spacial score (nSPS) is 12.0. The van der Waals surface area contributed by atoms with Gasteiger partial charge in [-0.25, -0.2) is 4.79 Å². The minimum atomic E-state index is -0.931.